The summed E-state index contributed by atoms with van der Waals surface area (Å²) in [6, 6.07) is 17.2. The van der Waals surface area contributed by atoms with Crippen molar-refractivity contribution in [2.75, 3.05) is 5.32 Å². The van der Waals surface area contributed by atoms with Crippen molar-refractivity contribution < 1.29 is 9.21 Å². The Hall–Kier alpha value is -4.26. The molecule has 3 aromatic heterocycles. The molecular weight excluding hydrogens is 380 g/mol. The lowest BCUT2D eigenvalue weighted by atomic mass is 10.1. The highest BCUT2D eigenvalue weighted by molar-refractivity contribution is 6.03. The fourth-order valence-corrected chi connectivity index (χ4v) is 3.43. The van der Waals surface area contributed by atoms with E-state index in [1.54, 1.807) is 36.5 Å². The van der Waals surface area contributed by atoms with Gasteiger partial charge in [-0.2, -0.15) is 0 Å². The quantitative estimate of drug-likeness (QED) is 0.497. The minimum atomic E-state index is -0.497. The molecule has 0 saturated heterocycles. The molecule has 7 nitrogen and oxygen atoms in total. The molecule has 0 spiro atoms. The van der Waals surface area contributed by atoms with E-state index in [1.807, 2.05) is 41.8 Å². The van der Waals surface area contributed by atoms with E-state index in [1.165, 1.54) is 6.07 Å². The Balaban J connectivity index is 1.48. The number of aromatic nitrogens is 3. The van der Waals surface area contributed by atoms with E-state index in [9.17, 15) is 9.59 Å². The van der Waals surface area contributed by atoms with E-state index in [-0.39, 0.29) is 11.2 Å². The molecule has 5 rings (SSSR count). The number of nitrogens with zero attached hydrogens (tertiary/aromatic N) is 3. The van der Waals surface area contributed by atoms with Crippen molar-refractivity contribution in [1.82, 2.24) is 14.4 Å². The number of fused-ring (bicyclic) bond motifs is 2. The second-order valence-electron chi connectivity index (χ2n) is 6.84. The fourth-order valence-electron chi connectivity index (χ4n) is 3.43. The van der Waals surface area contributed by atoms with E-state index < -0.39 is 5.91 Å². The highest BCUT2D eigenvalue weighted by Gasteiger charge is 2.15. The van der Waals surface area contributed by atoms with Crippen LogP contribution in [-0.4, -0.2) is 20.3 Å². The van der Waals surface area contributed by atoms with Crippen molar-refractivity contribution in [3.63, 3.8) is 0 Å². The van der Waals surface area contributed by atoms with Crippen molar-refractivity contribution >= 4 is 28.3 Å². The zero-order valence-corrected chi connectivity index (χ0v) is 16.0. The van der Waals surface area contributed by atoms with Crippen LogP contribution >= 0.6 is 0 Å². The average molecular weight is 396 g/mol. The maximum Gasteiger partial charge on any atom is 0.291 e. The van der Waals surface area contributed by atoms with Crippen molar-refractivity contribution in [1.29, 1.82) is 0 Å². The first-order valence-corrected chi connectivity index (χ1v) is 9.34. The number of nitrogens with one attached hydrogen (secondary N) is 1. The summed E-state index contributed by atoms with van der Waals surface area (Å²) >= 11 is 0. The van der Waals surface area contributed by atoms with Crippen LogP contribution in [-0.2, 0) is 0 Å². The lowest BCUT2D eigenvalue weighted by molar-refractivity contribution is 0.0997. The fraction of sp³-hybridized carbons (Fsp3) is 0.0435. The van der Waals surface area contributed by atoms with Gasteiger partial charge in [-0.25, -0.2) is 9.97 Å². The number of rotatable bonds is 3. The van der Waals surface area contributed by atoms with Gasteiger partial charge in [-0.05, 0) is 37.3 Å². The number of benzene rings is 2. The van der Waals surface area contributed by atoms with E-state index in [0.29, 0.717) is 22.4 Å². The summed E-state index contributed by atoms with van der Waals surface area (Å²) < 4.78 is 7.52. The number of anilines is 1. The molecule has 0 bridgehead atoms. The number of imidazole rings is 1. The third-order valence-electron chi connectivity index (χ3n) is 4.89. The molecule has 30 heavy (non-hydrogen) atoms. The summed E-state index contributed by atoms with van der Waals surface area (Å²) in [6.07, 6.45) is 3.60. The van der Waals surface area contributed by atoms with Crippen molar-refractivity contribution in [2.45, 2.75) is 6.92 Å². The van der Waals surface area contributed by atoms with E-state index in [4.69, 9.17) is 4.42 Å². The molecule has 2 aromatic carbocycles. The first-order chi connectivity index (χ1) is 14.6. The summed E-state index contributed by atoms with van der Waals surface area (Å²) in [4.78, 5) is 33.8. The van der Waals surface area contributed by atoms with Gasteiger partial charge in [-0.3, -0.25) is 14.0 Å². The SMILES string of the molecule is Cc1c(-c2cccc(NC(=O)c3cc(=O)c4ccccc4o3)c2)nc2ncccn12. The Morgan fingerprint density at radius 1 is 1.07 bits per heavy atom. The Bertz CT molecular complexity index is 1480. The van der Waals surface area contributed by atoms with Gasteiger partial charge in [0.1, 0.15) is 5.58 Å². The zero-order valence-electron chi connectivity index (χ0n) is 16.0. The van der Waals surface area contributed by atoms with Crippen LogP contribution in [0.5, 0.6) is 0 Å². The lowest BCUT2D eigenvalue weighted by Crippen LogP contribution is -2.15. The smallest absolute Gasteiger partial charge is 0.291 e. The minimum Gasteiger partial charge on any atom is -0.451 e. The first kappa shape index (κ1) is 17.8. The van der Waals surface area contributed by atoms with Crippen LogP contribution in [0.25, 0.3) is 28.0 Å². The Kier molecular flexibility index (Phi) is 4.14. The normalized spacial score (nSPS) is 11.1. The second-order valence-corrected chi connectivity index (χ2v) is 6.84. The number of aryl methyl sites for hydroxylation is 1. The van der Waals surface area contributed by atoms with E-state index in [0.717, 1.165) is 17.0 Å². The van der Waals surface area contributed by atoms with Crippen LogP contribution in [0.15, 0.2) is 82.3 Å². The molecule has 146 valence electrons. The number of amides is 1. The molecule has 7 heteroatoms. The van der Waals surface area contributed by atoms with Gasteiger partial charge < -0.3 is 9.73 Å². The van der Waals surface area contributed by atoms with Gasteiger partial charge >= 0.3 is 0 Å². The number of carbonyl (C=O) groups excluding carboxylic acids is 1. The summed E-state index contributed by atoms with van der Waals surface area (Å²) in [7, 11) is 0. The molecule has 0 atom stereocenters. The number of hydrogen-bond donors (Lipinski definition) is 1. The predicted octanol–water partition coefficient (Wildman–Crippen LogP) is 4.06. The number of para-hydroxylation sites is 1. The Morgan fingerprint density at radius 3 is 2.80 bits per heavy atom. The van der Waals surface area contributed by atoms with Gasteiger partial charge in [0.05, 0.1) is 11.1 Å². The van der Waals surface area contributed by atoms with E-state index in [2.05, 4.69) is 15.3 Å². The summed E-state index contributed by atoms with van der Waals surface area (Å²) in [5, 5.41) is 3.23. The second kappa shape index (κ2) is 6.97. The highest BCUT2D eigenvalue weighted by Crippen LogP contribution is 2.26. The molecule has 0 saturated carbocycles. The van der Waals surface area contributed by atoms with Crippen LogP contribution < -0.4 is 10.7 Å². The molecule has 0 aliphatic heterocycles. The molecule has 1 amide bonds. The van der Waals surface area contributed by atoms with Gasteiger partial charge in [0.15, 0.2) is 11.2 Å². The van der Waals surface area contributed by atoms with Crippen LogP contribution in [0, 0.1) is 6.92 Å². The van der Waals surface area contributed by atoms with Crippen molar-refractivity contribution in [3.8, 4) is 11.3 Å². The molecule has 1 N–H and O–H groups in total. The van der Waals surface area contributed by atoms with Gasteiger partial charge in [-0.1, -0.05) is 24.3 Å². The standard InChI is InChI=1S/C23H16N4O3/c1-14-21(26-23-24-10-5-11-27(14)23)15-6-4-7-16(12-15)25-22(29)20-13-18(28)17-8-2-3-9-19(17)30-20/h2-13H,1H3,(H,25,29). The molecule has 0 radical (unpaired) electrons. The molecule has 0 aliphatic carbocycles. The molecule has 3 heterocycles. The van der Waals surface area contributed by atoms with Gasteiger partial charge in [0, 0.05) is 35.4 Å². The third kappa shape index (κ3) is 3.02. The lowest BCUT2D eigenvalue weighted by Gasteiger charge is -2.07. The van der Waals surface area contributed by atoms with Crippen molar-refractivity contribution in [2.24, 2.45) is 0 Å². The molecular formula is C23H16N4O3. The average Bonchev–Trinajstić information content (AvgIpc) is 3.11. The first-order valence-electron chi connectivity index (χ1n) is 9.34. The van der Waals surface area contributed by atoms with Gasteiger partial charge in [0.2, 0.25) is 5.78 Å². The maximum atomic E-state index is 12.7. The monoisotopic (exact) mass is 396 g/mol. The molecule has 0 aliphatic rings. The number of hydrogen-bond acceptors (Lipinski definition) is 5. The van der Waals surface area contributed by atoms with Gasteiger partial charge in [-0.15, -0.1) is 0 Å². The Morgan fingerprint density at radius 2 is 1.93 bits per heavy atom. The summed E-state index contributed by atoms with van der Waals surface area (Å²) in [6.45, 7) is 1.96. The third-order valence-corrected chi connectivity index (χ3v) is 4.89. The van der Waals surface area contributed by atoms with Crippen LogP contribution in [0.3, 0.4) is 0 Å². The van der Waals surface area contributed by atoms with Crippen molar-refractivity contribution in [3.05, 3.63) is 94.7 Å². The predicted molar refractivity (Wildman–Crippen MR) is 114 cm³/mol. The molecule has 5 aromatic rings. The molecule has 0 unspecified atom stereocenters. The van der Waals surface area contributed by atoms with Crippen LogP contribution in [0.1, 0.15) is 16.2 Å². The maximum absolute atomic E-state index is 12.7. The minimum absolute atomic E-state index is 0.0442. The largest absolute Gasteiger partial charge is 0.451 e. The highest BCUT2D eigenvalue weighted by atomic mass is 16.3. The van der Waals surface area contributed by atoms with Gasteiger partial charge in [0.25, 0.3) is 5.91 Å². The van der Waals surface area contributed by atoms with Crippen LogP contribution in [0.2, 0.25) is 0 Å². The summed E-state index contributed by atoms with van der Waals surface area (Å²) in [5.74, 6) is 0.0676. The topological polar surface area (TPSA) is 89.5 Å². The zero-order chi connectivity index (χ0) is 20.7. The molecule has 0 fully saturated rings. The van der Waals surface area contributed by atoms with E-state index >= 15 is 0 Å². The van der Waals surface area contributed by atoms with Crippen LogP contribution in [0.4, 0.5) is 5.69 Å². The summed E-state index contributed by atoms with van der Waals surface area (Å²) in [5.41, 5.74) is 3.25. The number of carbonyl (C=O) groups is 1. The Labute approximate surface area is 170 Å².